The summed E-state index contributed by atoms with van der Waals surface area (Å²) >= 11 is 0. The Balaban J connectivity index is 1.67. The lowest BCUT2D eigenvalue weighted by molar-refractivity contribution is -0.0576. The van der Waals surface area contributed by atoms with Gasteiger partial charge in [0.15, 0.2) is 0 Å². The molecular weight excluding hydrogens is 390 g/mol. The number of aromatic nitrogens is 1. The first kappa shape index (κ1) is 23.4. The fourth-order valence-electron chi connectivity index (χ4n) is 4.69. The highest BCUT2D eigenvalue weighted by Crippen LogP contribution is 2.42. The van der Waals surface area contributed by atoms with Gasteiger partial charge in [0.2, 0.25) is 0 Å². The molecular formula is C26H37NO4. The second kappa shape index (κ2) is 10.9. The Morgan fingerprint density at radius 3 is 2.61 bits per heavy atom. The molecule has 1 fully saturated rings. The van der Waals surface area contributed by atoms with Crippen molar-refractivity contribution in [1.29, 1.82) is 0 Å². The zero-order chi connectivity index (χ0) is 22.4. The molecule has 1 aromatic heterocycles. The van der Waals surface area contributed by atoms with Gasteiger partial charge >= 0.3 is 0 Å². The number of hydrogen-bond acceptors (Lipinski definition) is 4. The molecule has 1 aliphatic rings. The number of pyridine rings is 1. The van der Waals surface area contributed by atoms with E-state index in [-0.39, 0.29) is 17.2 Å². The Kier molecular flexibility index (Phi) is 8.19. The van der Waals surface area contributed by atoms with Crippen LogP contribution in [0.1, 0.15) is 77.4 Å². The predicted molar refractivity (Wildman–Crippen MR) is 123 cm³/mol. The standard InChI is InChI=1S/C26H37NO4/c1-4-18(2)11-7-5-8-12-20-15-19(3)25(31-17-20)23-24(28)22(16-27(30)26(23)29)21-13-9-6-10-14-21/h6,9-10,13-14,16,18-20,25,28,30H,4-5,7-8,11-12,15,17H2,1-3H3/t18?,19-,20?,25-/m1/s1. The molecule has 1 aliphatic heterocycles. The molecule has 0 saturated carbocycles. The van der Waals surface area contributed by atoms with Gasteiger partial charge in [0, 0.05) is 5.56 Å². The van der Waals surface area contributed by atoms with Gasteiger partial charge in [-0.3, -0.25) is 4.79 Å². The maximum absolute atomic E-state index is 12.7. The van der Waals surface area contributed by atoms with Crippen LogP contribution in [0.15, 0.2) is 41.3 Å². The predicted octanol–water partition coefficient (Wildman–Crippen LogP) is 6.17. The quantitative estimate of drug-likeness (QED) is 0.371. The van der Waals surface area contributed by atoms with Crippen molar-refractivity contribution in [3.05, 3.63) is 52.4 Å². The van der Waals surface area contributed by atoms with Crippen molar-refractivity contribution in [1.82, 2.24) is 4.73 Å². The molecule has 0 radical (unpaired) electrons. The Morgan fingerprint density at radius 2 is 1.94 bits per heavy atom. The van der Waals surface area contributed by atoms with E-state index < -0.39 is 11.7 Å². The van der Waals surface area contributed by atoms with Crippen LogP contribution in [0.3, 0.4) is 0 Å². The summed E-state index contributed by atoms with van der Waals surface area (Å²) in [4.78, 5) is 12.7. The number of hydrogen-bond donors (Lipinski definition) is 2. The van der Waals surface area contributed by atoms with E-state index in [0.717, 1.165) is 24.3 Å². The Labute approximate surface area is 185 Å². The molecule has 31 heavy (non-hydrogen) atoms. The molecule has 170 valence electrons. The average molecular weight is 428 g/mol. The minimum atomic E-state index is -0.613. The van der Waals surface area contributed by atoms with E-state index in [1.165, 1.54) is 38.3 Å². The normalized spacial score (nSPS) is 22.4. The molecule has 2 aromatic rings. The van der Waals surface area contributed by atoms with Crippen molar-refractivity contribution in [2.75, 3.05) is 6.61 Å². The van der Waals surface area contributed by atoms with Gasteiger partial charge in [0.05, 0.1) is 24.5 Å². The largest absolute Gasteiger partial charge is 0.507 e. The number of benzene rings is 1. The molecule has 1 saturated heterocycles. The molecule has 2 heterocycles. The summed E-state index contributed by atoms with van der Waals surface area (Å²) in [6, 6.07) is 9.27. The third-order valence-electron chi connectivity index (χ3n) is 6.81. The Bertz CT molecular complexity index is 892. The van der Waals surface area contributed by atoms with Crippen molar-refractivity contribution in [3.63, 3.8) is 0 Å². The molecule has 0 amide bonds. The fourth-order valence-corrected chi connectivity index (χ4v) is 4.69. The molecule has 3 rings (SSSR count). The molecule has 1 aromatic carbocycles. The zero-order valence-electron chi connectivity index (χ0n) is 19.1. The molecule has 0 spiro atoms. The molecule has 2 unspecified atom stereocenters. The first-order chi connectivity index (χ1) is 14.9. The van der Waals surface area contributed by atoms with E-state index in [2.05, 4.69) is 20.8 Å². The van der Waals surface area contributed by atoms with Crippen molar-refractivity contribution < 1.29 is 15.1 Å². The van der Waals surface area contributed by atoms with E-state index in [4.69, 9.17) is 4.74 Å². The lowest BCUT2D eigenvalue weighted by Crippen LogP contribution is -2.33. The second-order valence-corrected chi connectivity index (χ2v) is 9.31. The number of ether oxygens (including phenoxy) is 1. The van der Waals surface area contributed by atoms with Crippen LogP contribution in [0.4, 0.5) is 0 Å². The van der Waals surface area contributed by atoms with Crippen LogP contribution in [0, 0.1) is 17.8 Å². The smallest absolute Gasteiger partial charge is 0.292 e. The van der Waals surface area contributed by atoms with Gasteiger partial charge in [-0.05, 0) is 36.2 Å². The van der Waals surface area contributed by atoms with Crippen molar-refractivity contribution in [2.45, 2.75) is 71.8 Å². The molecule has 0 aliphatic carbocycles. The summed E-state index contributed by atoms with van der Waals surface area (Å²) in [5.74, 6) is 1.28. The first-order valence-corrected chi connectivity index (χ1v) is 11.8. The maximum atomic E-state index is 12.7. The van der Waals surface area contributed by atoms with Crippen LogP contribution in [0.2, 0.25) is 0 Å². The lowest BCUT2D eigenvalue weighted by Gasteiger charge is -2.35. The molecule has 5 nitrogen and oxygen atoms in total. The topological polar surface area (TPSA) is 71.7 Å². The molecule has 5 heteroatoms. The Hall–Kier alpha value is -2.27. The van der Waals surface area contributed by atoms with Gasteiger partial charge in [0.25, 0.3) is 5.56 Å². The number of aromatic hydroxyl groups is 1. The Morgan fingerprint density at radius 1 is 1.19 bits per heavy atom. The SMILES string of the molecule is CCC(C)CCCCCC1CO[C@@H](c2c(O)c(-c3ccccc3)cn(O)c2=O)[C@H](C)C1. The van der Waals surface area contributed by atoms with E-state index in [1.807, 2.05) is 30.3 Å². The monoisotopic (exact) mass is 427 g/mol. The zero-order valence-corrected chi connectivity index (χ0v) is 19.1. The van der Waals surface area contributed by atoms with Crippen LogP contribution >= 0.6 is 0 Å². The molecule has 0 bridgehead atoms. The summed E-state index contributed by atoms with van der Waals surface area (Å²) in [5.41, 5.74) is 0.709. The van der Waals surface area contributed by atoms with Crippen LogP contribution in [-0.2, 0) is 4.74 Å². The van der Waals surface area contributed by atoms with Crippen LogP contribution < -0.4 is 5.56 Å². The number of rotatable bonds is 9. The second-order valence-electron chi connectivity index (χ2n) is 9.31. The van der Waals surface area contributed by atoms with Gasteiger partial charge in [-0.1, -0.05) is 83.2 Å². The van der Waals surface area contributed by atoms with Crippen LogP contribution in [0.25, 0.3) is 11.1 Å². The third kappa shape index (κ3) is 5.70. The van der Waals surface area contributed by atoms with E-state index >= 15 is 0 Å². The van der Waals surface area contributed by atoms with E-state index in [9.17, 15) is 15.1 Å². The maximum Gasteiger partial charge on any atom is 0.292 e. The van der Waals surface area contributed by atoms with Crippen molar-refractivity contribution in [2.24, 2.45) is 17.8 Å². The summed E-state index contributed by atoms with van der Waals surface area (Å²) in [6.45, 7) is 7.22. The highest BCUT2D eigenvalue weighted by Gasteiger charge is 2.34. The lowest BCUT2D eigenvalue weighted by atomic mass is 9.83. The summed E-state index contributed by atoms with van der Waals surface area (Å²) < 4.78 is 6.69. The summed E-state index contributed by atoms with van der Waals surface area (Å²) in [5, 5.41) is 21.1. The summed E-state index contributed by atoms with van der Waals surface area (Å²) in [7, 11) is 0. The number of unbranched alkanes of at least 4 members (excludes halogenated alkanes) is 2. The highest BCUT2D eigenvalue weighted by atomic mass is 16.5. The number of nitrogens with zero attached hydrogens (tertiary/aromatic N) is 1. The first-order valence-electron chi connectivity index (χ1n) is 11.8. The van der Waals surface area contributed by atoms with Crippen LogP contribution in [0.5, 0.6) is 5.75 Å². The van der Waals surface area contributed by atoms with E-state index in [0.29, 0.717) is 22.8 Å². The van der Waals surface area contributed by atoms with Gasteiger partial charge in [-0.25, -0.2) is 0 Å². The third-order valence-corrected chi connectivity index (χ3v) is 6.81. The minimum absolute atomic E-state index is 0.0866. The van der Waals surface area contributed by atoms with E-state index in [1.54, 1.807) is 0 Å². The van der Waals surface area contributed by atoms with Crippen molar-refractivity contribution in [3.8, 4) is 16.9 Å². The molecule has 4 atom stereocenters. The van der Waals surface area contributed by atoms with Crippen molar-refractivity contribution >= 4 is 0 Å². The van der Waals surface area contributed by atoms with Gasteiger partial charge in [0.1, 0.15) is 5.75 Å². The van der Waals surface area contributed by atoms with Gasteiger partial charge < -0.3 is 15.1 Å². The van der Waals surface area contributed by atoms with Gasteiger partial charge in [-0.15, -0.1) is 0 Å². The van der Waals surface area contributed by atoms with Crippen LogP contribution in [-0.4, -0.2) is 21.7 Å². The summed E-state index contributed by atoms with van der Waals surface area (Å²) in [6.07, 6.45) is 9.16. The minimum Gasteiger partial charge on any atom is -0.507 e. The van der Waals surface area contributed by atoms with Gasteiger partial charge in [-0.2, -0.15) is 4.73 Å². The fraction of sp³-hybridized carbons (Fsp3) is 0.577. The highest BCUT2D eigenvalue weighted by molar-refractivity contribution is 5.70. The molecule has 2 N–H and O–H groups in total. The average Bonchev–Trinajstić information content (AvgIpc) is 2.77.